The lowest BCUT2D eigenvalue weighted by Crippen LogP contribution is -2.47. The lowest BCUT2D eigenvalue weighted by molar-refractivity contribution is -0.387. The Morgan fingerprint density at radius 2 is 1.95 bits per heavy atom. The van der Waals surface area contributed by atoms with Crippen LogP contribution < -0.4 is 5.73 Å². The van der Waals surface area contributed by atoms with Crippen LogP contribution in [0.5, 0.6) is 0 Å². The van der Waals surface area contributed by atoms with Crippen molar-refractivity contribution in [1.82, 2.24) is 4.98 Å². The molecule has 6 heteroatoms. The first-order valence-corrected chi connectivity index (χ1v) is 7.25. The third-order valence-electron chi connectivity index (χ3n) is 2.71. The Hall–Kier alpha value is -1.92. The second kappa shape index (κ2) is 5.38. The molecule has 100 valence electrons. The smallest absolute Gasteiger partial charge is 0.202 e. The predicted octanol–water partition coefficient (Wildman–Crippen LogP) is 1.53. The molecule has 1 aromatic heterocycles. The van der Waals surface area contributed by atoms with Crippen LogP contribution >= 0.6 is 0 Å². The molecular formula is C13H15N3O2S. The Morgan fingerprint density at radius 1 is 1.21 bits per heavy atom. The summed E-state index contributed by atoms with van der Waals surface area (Å²) < 4.78 is 28.4. The second-order valence-electron chi connectivity index (χ2n) is 4.07. The number of sulfonamides is 1. The van der Waals surface area contributed by atoms with Gasteiger partial charge in [0, 0.05) is 5.56 Å². The van der Waals surface area contributed by atoms with Crippen LogP contribution in [0.4, 0.5) is 5.82 Å². The summed E-state index contributed by atoms with van der Waals surface area (Å²) in [5.41, 5.74) is 5.11. The van der Waals surface area contributed by atoms with Crippen molar-refractivity contribution >= 4 is 15.8 Å². The third kappa shape index (κ3) is 2.91. The van der Waals surface area contributed by atoms with Crippen LogP contribution in [-0.4, -0.2) is 13.4 Å². The summed E-state index contributed by atoms with van der Waals surface area (Å²) >= 11 is 0. The molecule has 3 N–H and O–H groups in total. The molecule has 5 nitrogen and oxygen atoms in total. The average Bonchev–Trinajstić information content (AvgIpc) is 2.41. The van der Waals surface area contributed by atoms with Crippen molar-refractivity contribution in [3.05, 3.63) is 58.4 Å². The number of aromatic nitrogens is 1. The minimum Gasteiger partial charge on any atom is -0.442 e. The zero-order valence-corrected chi connectivity index (χ0v) is 11.4. The Labute approximate surface area is 112 Å². The van der Waals surface area contributed by atoms with Gasteiger partial charge in [0.1, 0.15) is 6.54 Å². The van der Waals surface area contributed by atoms with Gasteiger partial charge in [-0.05, 0) is 18.8 Å². The van der Waals surface area contributed by atoms with Gasteiger partial charge in [0.05, 0.1) is 4.90 Å². The molecule has 2 aromatic rings. The van der Waals surface area contributed by atoms with Crippen LogP contribution in [0.3, 0.4) is 0 Å². The van der Waals surface area contributed by atoms with Crippen LogP contribution in [-0.2, 0) is 16.6 Å². The van der Waals surface area contributed by atoms with Crippen molar-refractivity contribution < 1.29 is 14.2 Å². The third-order valence-corrected chi connectivity index (χ3v) is 4.08. The first kappa shape index (κ1) is 13.5. The van der Waals surface area contributed by atoms with Gasteiger partial charge in [-0.2, -0.15) is 0 Å². The first-order valence-electron chi connectivity index (χ1n) is 5.81. The molecule has 0 aliphatic rings. The maximum Gasteiger partial charge on any atom is 0.202 e. The number of aryl methyl sites for hydroxylation is 1. The number of quaternary nitrogens is 1. The van der Waals surface area contributed by atoms with E-state index in [1.54, 1.807) is 37.3 Å². The molecule has 0 radical (unpaired) electrons. The van der Waals surface area contributed by atoms with E-state index in [0.29, 0.717) is 12.1 Å². The minimum absolute atomic E-state index is 0.190. The SMILES string of the molecule is Cc1cccnc1[N-]S(=O)(=O)c1ccccc1C[NH3+]. The highest BCUT2D eigenvalue weighted by atomic mass is 32.2. The first-order chi connectivity index (χ1) is 9.04. The maximum atomic E-state index is 12.3. The highest BCUT2D eigenvalue weighted by Gasteiger charge is 2.14. The molecular weight excluding hydrogens is 262 g/mol. The molecule has 0 aliphatic carbocycles. The topological polar surface area (TPSA) is 88.8 Å². The highest BCUT2D eigenvalue weighted by molar-refractivity contribution is 7.94. The maximum absolute atomic E-state index is 12.3. The van der Waals surface area contributed by atoms with E-state index < -0.39 is 10.0 Å². The molecule has 19 heavy (non-hydrogen) atoms. The standard InChI is InChI=1S/C13H14N3O2S/c1-10-5-4-8-15-13(10)16-19(17,18)12-7-3-2-6-11(12)9-14/h2-8H,9,14H2,1H3/q-1/p+1. The molecule has 0 fully saturated rings. The van der Waals surface area contributed by atoms with Gasteiger partial charge < -0.3 is 15.4 Å². The Kier molecular flexibility index (Phi) is 3.82. The van der Waals surface area contributed by atoms with Crippen LogP contribution in [0.15, 0.2) is 47.5 Å². The quantitative estimate of drug-likeness (QED) is 0.919. The van der Waals surface area contributed by atoms with E-state index >= 15 is 0 Å². The summed E-state index contributed by atoms with van der Waals surface area (Å²) in [7, 11) is -3.76. The Bertz CT molecular complexity index is 684. The van der Waals surface area contributed by atoms with Gasteiger partial charge in [-0.1, -0.05) is 42.1 Å². The van der Waals surface area contributed by atoms with E-state index in [4.69, 9.17) is 0 Å². The average molecular weight is 277 g/mol. The van der Waals surface area contributed by atoms with Crippen LogP contribution in [0, 0.1) is 6.92 Å². The summed E-state index contributed by atoms with van der Waals surface area (Å²) in [4.78, 5) is 4.17. The fraction of sp³-hybridized carbons (Fsp3) is 0.154. The number of hydrogen-bond donors (Lipinski definition) is 1. The highest BCUT2D eigenvalue weighted by Crippen LogP contribution is 2.29. The molecule has 0 spiro atoms. The Morgan fingerprint density at radius 3 is 2.63 bits per heavy atom. The van der Waals surface area contributed by atoms with E-state index in [9.17, 15) is 8.42 Å². The van der Waals surface area contributed by atoms with Gasteiger partial charge >= 0.3 is 0 Å². The number of hydrogen-bond acceptors (Lipinski definition) is 3. The van der Waals surface area contributed by atoms with E-state index in [-0.39, 0.29) is 10.7 Å². The van der Waals surface area contributed by atoms with E-state index in [1.807, 2.05) is 0 Å². The van der Waals surface area contributed by atoms with Gasteiger partial charge in [-0.3, -0.25) is 0 Å². The number of nitrogens with zero attached hydrogens (tertiary/aromatic N) is 2. The van der Waals surface area contributed by atoms with Gasteiger partial charge in [0.2, 0.25) is 10.0 Å². The molecule has 0 bridgehead atoms. The summed E-state index contributed by atoms with van der Waals surface area (Å²) in [6, 6.07) is 10.2. The van der Waals surface area contributed by atoms with Gasteiger partial charge in [-0.25, -0.2) is 8.42 Å². The van der Waals surface area contributed by atoms with E-state index in [0.717, 1.165) is 5.56 Å². The summed E-state index contributed by atoms with van der Waals surface area (Å²) in [5, 5.41) is 0. The van der Waals surface area contributed by atoms with Crippen LogP contribution in [0.25, 0.3) is 4.72 Å². The number of benzene rings is 1. The molecule has 0 amide bonds. The normalized spacial score (nSPS) is 11.3. The zero-order valence-electron chi connectivity index (χ0n) is 10.6. The molecule has 0 unspecified atom stereocenters. The van der Waals surface area contributed by atoms with Crippen LogP contribution in [0.2, 0.25) is 0 Å². The van der Waals surface area contributed by atoms with Crippen molar-refractivity contribution in [2.75, 3.05) is 0 Å². The number of pyridine rings is 1. The van der Waals surface area contributed by atoms with Gasteiger partial charge in [0.15, 0.2) is 0 Å². The molecule has 0 saturated heterocycles. The van der Waals surface area contributed by atoms with Crippen molar-refractivity contribution in [2.45, 2.75) is 18.4 Å². The van der Waals surface area contributed by atoms with Crippen molar-refractivity contribution in [1.29, 1.82) is 0 Å². The lowest BCUT2D eigenvalue weighted by atomic mass is 10.2. The summed E-state index contributed by atoms with van der Waals surface area (Å²) in [6.07, 6.45) is 1.52. The van der Waals surface area contributed by atoms with Crippen molar-refractivity contribution in [3.8, 4) is 0 Å². The fourth-order valence-electron chi connectivity index (χ4n) is 1.70. The molecule has 1 aromatic carbocycles. The zero-order chi connectivity index (χ0) is 13.9. The fourth-order valence-corrected chi connectivity index (χ4v) is 2.97. The summed E-state index contributed by atoms with van der Waals surface area (Å²) in [5.74, 6) is 0.223. The predicted molar refractivity (Wildman–Crippen MR) is 72.2 cm³/mol. The van der Waals surface area contributed by atoms with Crippen molar-refractivity contribution in [2.24, 2.45) is 0 Å². The molecule has 0 aliphatic heterocycles. The summed E-state index contributed by atoms with van der Waals surface area (Å²) in [6.45, 7) is 2.17. The van der Waals surface area contributed by atoms with Crippen LogP contribution in [0.1, 0.15) is 11.1 Å². The molecule has 0 atom stereocenters. The minimum atomic E-state index is -3.76. The van der Waals surface area contributed by atoms with Gasteiger partial charge in [0.25, 0.3) is 0 Å². The van der Waals surface area contributed by atoms with Gasteiger partial charge in [-0.15, -0.1) is 0 Å². The largest absolute Gasteiger partial charge is 0.442 e. The van der Waals surface area contributed by atoms with Crippen molar-refractivity contribution in [3.63, 3.8) is 0 Å². The monoisotopic (exact) mass is 277 g/mol. The number of rotatable bonds is 4. The molecule has 1 heterocycles. The lowest BCUT2D eigenvalue weighted by Gasteiger charge is -2.18. The second-order valence-corrected chi connectivity index (χ2v) is 5.64. The van der Waals surface area contributed by atoms with E-state index in [1.165, 1.54) is 12.3 Å². The van der Waals surface area contributed by atoms with E-state index in [2.05, 4.69) is 15.4 Å². The molecule has 0 saturated carbocycles. The molecule has 2 rings (SSSR count). The Balaban J connectivity index is 2.41.